The molecule has 2 atom stereocenters. The quantitative estimate of drug-likeness (QED) is 0.902. The lowest BCUT2D eigenvalue weighted by molar-refractivity contribution is 0.0505. The van der Waals surface area contributed by atoms with E-state index in [1.807, 2.05) is 33.9 Å². The lowest BCUT2D eigenvalue weighted by Crippen LogP contribution is -2.37. The van der Waals surface area contributed by atoms with Gasteiger partial charge < -0.3 is 10.1 Å². The first-order valence-corrected chi connectivity index (χ1v) is 7.11. The minimum absolute atomic E-state index is 0.164. The van der Waals surface area contributed by atoms with E-state index >= 15 is 0 Å². The number of nitrogens with one attached hydrogen (secondary N) is 1. The Bertz CT molecular complexity index is 482. The van der Waals surface area contributed by atoms with Gasteiger partial charge in [0.2, 0.25) is 0 Å². The van der Waals surface area contributed by atoms with E-state index in [4.69, 9.17) is 4.74 Å². The number of ether oxygens (including phenoxy) is 1. The predicted molar refractivity (Wildman–Crippen MR) is 76.5 cm³/mol. The van der Waals surface area contributed by atoms with Crippen LogP contribution in [0.5, 0.6) is 0 Å². The van der Waals surface area contributed by atoms with Gasteiger partial charge in [0.15, 0.2) is 0 Å². The van der Waals surface area contributed by atoms with Crippen LogP contribution in [0.2, 0.25) is 0 Å². The van der Waals surface area contributed by atoms with Crippen molar-refractivity contribution in [3.05, 3.63) is 23.8 Å². The highest BCUT2D eigenvalue weighted by Gasteiger charge is 2.29. The van der Waals surface area contributed by atoms with Crippen molar-refractivity contribution in [3.8, 4) is 0 Å². The van der Waals surface area contributed by atoms with Gasteiger partial charge in [0, 0.05) is 24.4 Å². The van der Waals surface area contributed by atoms with Crippen LogP contribution < -0.4 is 5.32 Å². The molecule has 1 fully saturated rings. The van der Waals surface area contributed by atoms with Gasteiger partial charge in [0.25, 0.3) is 0 Å². The van der Waals surface area contributed by atoms with E-state index in [0.717, 1.165) is 30.7 Å². The Morgan fingerprint density at radius 2 is 2.10 bits per heavy atom. The zero-order valence-electron chi connectivity index (χ0n) is 12.6. The van der Waals surface area contributed by atoms with Crippen LogP contribution in [0.25, 0.3) is 0 Å². The van der Waals surface area contributed by atoms with Crippen molar-refractivity contribution >= 4 is 6.09 Å². The Balaban J connectivity index is 1.88. The van der Waals surface area contributed by atoms with Crippen LogP contribution in [-0.2, 0) is 4.74 Å². The van der Waals surface area contributed by atoms with Gasteiger partial charge in [-0.2, -0.15) is 0 Å². The highest BCUT2D eigenvalue weighted by molar-refractivity contribution is 5.68. The molecule has 1 heterocycles. The fraction of sp³-hybridized carbons (Fsp3) is 0.667. The molecular weight excluding hydrogens is 254 g/mol. The average molecular weight is 277 g/mol. The Hall–Kier alpha value is -1.65. The second-order valence-corrected chi connectivity index (χ2v) is 6.44. The van der Waals surface area contributed by atoms with Gasteiger partial charge in [0.1, 0.15) is 5.60 Å². The third kappa shape index (κ3) is 4.18. The first-order valence-electron chi connectivity index (χ1n) is 7.11. The molecular formula is C15H23N3O2. The van der Waals surface area contributed by atoms with E-state index in [-0.39, 0.29) is 12.1 Å². The number of hydrogen-bond donors (Lipinski definition) is 1. The summed E-state index contributed by atoms with van der Waals surface area (Å²) >= 11 is 0. The lowest BCUT2D eigenvalue weighted by Gasteiger charge is -2.21. The van der Waals surface area contributed by atoms with Crippen LogP contribution in [0.15, 0.2) is 12.4 Å². The molecule has 1 aliphatic carbocycles. The third-order valence-corrected chi connectivity index (χ3v) is 3.35. The molecule has 1 aliphatic rings. The number of amides is 1. The van der Waals surface area contributed by atoms with Crippen LogP contribution in [0.1, 0.15) is 57.3 Å². The zero-order valence-corrected chi connectivity index (χ0v) is 12.6. The van der Waals surface area contributed by atoms with Gasteiger partial charge in [-0.1, -0.05) is 0 Å². The van der Waals surface area contributed by atoms with Crippen molar-refractivity contribution in [1.82, 2.24) is 15.3 Å². The van der Waals surface area contributed by atoms with Crippen molar-refractivity contribution in [2.24, 2.45) is 0 Å². The molecule has 0 bridgehead atoms. The number of aryl methyl sites for hydroxylation is 1. The number of carbonyl (C=O) groups is 1. The first kappa shape index (κ1) is 14.8. The van der Waals surface area contributed by atoms with E-state index in [2.05, 4.69) is 15.3 Å². The normalized spacial score (nSPS) is 22.6. The van der Waals surface area contributed by atoms with E-state index in [1.165, 1.54) is 0 Å². The zero-order chi connectivity index (χ0) is 14.8. The summed E-state index contributed by atoms with van der Waals surface area (Å²) in [4.78, 5) is 20.5. The van der Waals surface area contributed by atoms with E-state index < -0.39 is 5.60 Å². The largest absolute Gasteiger partial charge is 0.444 e. The minimum Gasteiger partial charge on any atom is -0.444 e. The molecule has 5 nitrogen and oxygen atoms in total. The third-order valence-electron chi connectivity index (χ3n) is 3.35. The maximum absolute atomic E-state index is 11.8. The predicted octanol–water partition coefficient (Wildman–Crippen LogP) is 2.95. The van der Waals surface area contributed by atoms with Crippen LogP contribution in [0.3, 0.4) is 0 Å². The van der Waals surface area contributed by atoms with Crippen molar-refractivity contribution in [2.75, 3.05) is 0 Å². The number of nitrogens with zero attached hydrogens (tertiary/aromatic N) is 2. The van der Waals surface area contributed by atoms with Gasteiger partial charge in [-0.15, -0.1) is 0 Å². The molecule has 110 valence electrons. The molecule has 1 amide bonds. The summed E-state index contributed by atoms with van der Waals surface area (Å²) in [6, 6.07) is 0.164. The summed E-state index contributed by atoms with van der Waals surface area (Å²) < 4.78 is 5.28. The molecule has 1 N–H and O–H groups in total. The maximum Gasteiger partial charge on any atom is 0.407 e. The molecule has 1 saturated carbocycles. The van der Waals surface area contributed by atoms with Crippen molar-refractivity contribution < 1.29 is 9.53 Å². The Morgan fingerprint density at radius 3 is 2.75 bits per heavy atom. The molecule has 0 aliphatic heterocycles. The number of alkyl carbamates (subject to hydrolysis) is 1. The SMILES string of the molecule is Cc1cncc(C2CCC(NC(=O)OC(C)(C)C)C2)n1. The van der Waals surface area contributed by atoms with Crippen LogP contribution >= 0.6 is 0 Å². The second kappa shape index (κ2) is 5.77. The molecule has 2 rings (SSSR count). The molecule has 1 aromatic heterocycles. The van der Waals surface area contributed by atoms with Gasteiger partial charge in [-0.25, -0.2) is 4.79 Å². The number of aromatic nitrogens is 2. The summed E-state index contributed by atoms with van der Waals surface area (Å²) in [5, 5.41) is 2.94. The van der Waals surface area contributed by atoms with E-state index in [9.17, 15) is 4.79 Å². The molecule has 1 aromatic rings. The van der Waals surface area contributed by atoms with Crippen molar-refractivity contribution in [1.29, 1.82) is 0 Å². The molecule has 0 aromatic carbocycles. The molecule has 2 unspecified atom stereocenters. The number of carbonyl (C=O) groups excluding carboxylic acids is 1. The Morgan fingerprint density at radius 1 is 1.35 bits per heavy atom. The number of hydrogen-bond acceptors (Lipinski definition) is 4. The van der Waals surface area contributed by atoms with Crippen LogP contribution in [0, 0.1) is 6.92 Å². The van der Waals surface area contributed by atoms with E-state index in [1.54, 1.807) is 6.20 Å². The summed E-state index contributed by atoms with van der Waals surface area (Å²) in [6.07, 6.45) is 6.14. The Kier molecular flexibility index (Phi) is 4.26. The minimum atomic E-state index is -0.454. The fourth-order valence-corrected chi connectivity index (χ4v) is 2.54. The average Bonchev–Trinajstić information content (AvgIpc) is 2.74. The topological polar surface area (TPSA) is 64.1 Å². The smallest absolute Gasteiger partial charge is 0.407 e. The summed E-state index contributed by atoms with van der Waals surface area (Å²) in [5.41, 5.74) is 1.51. The fourth-order valence-electron chi connectivity index (χ4n) is 2.54. The highest BCUT2D eigenvalue weighted by Crippen LogP contribution is 2.33. The lowest BCUT2D eigenvalue weighted by atomic mass is 10.0. The molecule has 0 radical (unpaired) electrons. The molecule has 5 heteroatoms. The summed E-state index contributed by atoms with van der Waals surface area (Å²) in [6.45, 7) is 7.55. The maximum atomic E-state index is 11.8. The van der Waals surface area contributed by atoms with Gasteiger partial charge >= 0.3 is 6.09 Å². The second-order valence-electron chi connectivity index (χ2n) is 6.44. The first-order chi connectivity index (χ1) is 9.33. The van der Waals surface area contributed by atoms with Gasteiger partial charge in [-0.05, 0) is 47.0 Å². The monoisotopic (exact) mass is 277 g/mol. The summed E-state index contributed by atoms with van der Waals surface area (Å²) in [5.74, 6) is 0.377. The van der Waals surface area contributed by atoms with Gasteiger partial charge in [0.05, 0.1) is 11.4 Å². The van der Waals surface area contributed by atoms with E-state index in [0.29, 0.717) is 5.92 Å². The van der Waals surface area contributed by atoms with Crippen LogP contribution in [-0.4, -0.2) is 27.7 Å². The molecule has 0 saturated heterocycles. The molecule has 20 heavy (non-hydrogen) atoms. The van der Waals surface area contributed by atoms with Crippen molar-refractivity contribution in [3.63, 3.8) is 0 Å². The standard InChI is InChI=1S/C15H23N3O2/c1-10-8-16-9-13(17-10)11-5-6-12(7-11)18-14(19)20-15(2,3)4/h8-9,11-12H,5-7H2,1-4H3,(H,18,19). The summed E-state index contributed by atoms with van der Waals surface area (Å²) in [7, 11) is 0. The highest BCUT2D eigenvalue weighted by atomic mass is 16.6. The molecule has 0 spiro atoms. The van der Waals surface area contributed by atoms with Crippen molar-refractivity contribution in [2.45, 2.75) is 64.5 Å². The Labute approximate surface area is 120 Å². The van der Waals surface area contributed by atoms with Crippen LogP contribution in [0.4, 0.5) is 4.79 Å². The number of rotatable bonds is 2. The van der Waals surface area contributed by atoms with Gasteiger partial charge in [-0.3, -0.25) is 9.97 Å².